The van der Waals surface area contributed by atoms with Crippen molar-refractivity contribution in [2.45, 2.75) is 97.6 Å². The average molecular weight is 632 g/mol. The van der Waals surface area contributed by atoms with Crippen molar-refractivity contribution in [3.8, 4) is 11.5 Å². The summed E-state index contributed by atoms with van der Waals surface area (Å²) in [7, 11) is 0. The molecule has 46 heavy (non-hydrogen) atoms. The Morgan fingerprint density at radius 1 is 1.09 bits per heavy atom. The molecule has 4 atom stereocenters. The molecule has 1 aromatic heterocycles. The number of ether oxygens (including phenoxy) is 1. The predicted octanol–water partition coefficient (Wildman–Crippen LogP) is 6.74. The monoisotopic (exact) mass is 631 g/mol. The molecule has 4 aliphatic carbocycles. The fourth-order valence-corrected chi connectivity index (χ4v) is 10.0. The minimum Gasteiger partial charge on any atom is -0.451 e. The molecular weight excluding hydrogens is 581 g/mol. The summed E-state index contributed by atoms with van der Waals surface area (Å²) in [6, 6.07) is 4.02. The van der Waals surface area contributed by atoms with E-state index in [-0.39, 0.29) is 29.0 Å². The quantitative estimate of drug-likeness (QED) is 0.319. The van der Waals surface area contributed by atoms with E-state index in [0.717, 1.165) is 63.2 Å². The van der Waals surface area contributed by atoms with Crippen molar-refractivity contribution in [1.82, 2.24) is 19.8 Å². The second kappa shape index (κ2) is 12.2. The Kier molecular flexibility index (Phi) is 8.35. The van der Waals surface area contributed by atoms with Gasteiger partial charge in [-0.2, -0.15) is 0 Å². The van der Waals surface area contributed by atoms with E-state index in [9.17, 15) is 14.0 Å². The Morgan fingerprint density at radius 3 is 2.50 bits per heavy atom. The number of benzene rings is 1. The second-order valence-corrected chi connectivity index (χ2v) is 15.8. The number of fused-ring (bicyclic) bond motifs is 2. The van der Waals surface area contributed by atoms with Crippen LogP contribution >= 0.6 is 0 Å². The van der Waals surface area contributed by atoms with Crippen LogP contribution in [0.1, 0.15) is 95.8 Å². The number of likely N-dealkylation sites (tertiary alicyclic amines) is 1. The van der Waals surface area contributed by atoms with Crippen LogP contribution in [0.5, 0.6) is 11.5 Å². The number of rotatable bonds is 8. The molecule has 6 aliphatic rings. The highest BCUT2D eigenvalue weighted by Crippen LogP contribution is 2.61. The number of carbonyl (C=O) groups is 2. The zero-order valence-electron chi connectivity index (χ0n) is 28.0. The van der Waals surface area contributed by atoms with Crippen LogP contribution in [0.15, 0.2) is 30.7 Å². The van der Waals surface area contributed by atoms with Gasteiger partial charge in [0.15, 0.2) is 11.6 Å². The number of Topliss-reactive ketones (excluding diaryl/α,β-unsaturated/α-hetero) is 1. The van der Waals surface area contributed by atoms with E-state index in [1.807, 2.05) is 27.7 Å². The lowest BCUT2D eigenvalue weighted by Gasteiger charge is -2.56. The summed E-state index contributed by atoms with van der Waals surface area (Å²) in [4.78, 5) is 41.3. The van der Waals surface area contributed by atoms with Crippen molar-refractivity contribution in [2.24, 2.45) is 28.6 Å². The number of nitrogens with zero attached hydrogens (tertiary/aromatic N) is 5. The summed E-state index contributed by atoms with van der Waals surface area (Å²) in [5.74, 6) is 3.63. The molecule has 248 valence electrons. The van der Waals surface area contributed by atoms with Crippen molar-refractivity contribution in [1.29, 1.82) is 0 Å². The van der Waals surface area contributed by atoms with Gasteiger partial charge in [0.1, 0.15) is 23.7 Å². The Morgan fingerprint density at radius 2 is 1.85 bits per heavy atom. The third-order valence-electron chi connectivity index (χ3n) is 12.3. The summed E-state index contributed by atoms with van der Waals surface area (Å²) in [6.07, 6.45) is 13.7. The van der Waals surface area contributed by atoms with Crippen LogP contribution in [0, 0.1) is 34.4 Å². The molecule has 9 heteroatoms. The molecule has 8 rings (SSSR count). The van der Waals surface area contributed by atoms with Crippen LogP contribution in [-0.2, 0) is 4.79 Å². The third-order valence-corrected chi connectivity index (χ3v) is 12.3. The largest absolute Gasteiger partial charge is 0.451 e. The molecule has 0 radical (unpaired) electrons. The number of amides is 1. The van der Waals surface area contributed by atoms with Gasteiger partial charge in [0.25, 0.3) is 5.91 Å². The van der Waals surface area contributed by atoms with Crippen LogP contribution in [0.2, 0.25) is 0 Å². The molecule has 8 nitrogen and oxygen atoms in total. The molecule has 2 bridgehead atoms. The van der Waals surface area contributed by atoms with Gasteiger partial charge in [-0.05, 0) is 127 Å². The third kappa shape index (κ3) is 5.82. The van der Waals surface area contributed by atoms with Crippen LogP contribution < -0.4 is 9.64 Å². The first kappa shape index (κ1) is 31.5. The van der Waals surface area contributed by atoms with Crippen molar-refractivity contribution >= 4 is 17.5 Å². The van der Waals surface area contributed by atoms with E-state index in [0.29, 0.717) is 28.5 Å². The van der Waals surface area contributed by atoms with Crippen molar-refractivity contribution in [3.63, 3.8) is 0 Å². The van der Waals surface area contributed by atoms with E-state index in [1.54, 1.807) is 11.1 Å². The van der Waals surface area contributed by atoms with Gasteiger partial charge in [0.05, 0.1) is 11.8 Å². The topological polar surface area (TPSA) is 78.9 Å². The van der Waals surface area contributed by atoms with Crippen LogP contribution in [0.3, 0.4) is 0 Å². The lowest BCUT2D eigenvalue weighted by atomic mass is 9.52. The van der Waals surface area contributed by atoms with Crippen molar-refractivity contribution < 1.29 is 18.7 Å². The molecule has 2 aliphatic heterocycles. The summed E-state index contributed by atoms with van der Waals surface area (Å²) in [6.45, 7) is 13.2. The molecule has 4 saturated carbocycles. The normalized spacial score (nSPS) is 28.8. The SMILES string of the molecule is CC(C)N(C(=O)c1cc(F)ccc1Oc1cncnc1N1CC2(CCN(C[C@@H]3CC4CC[C@H]3CC43CCC(=O)C3)CC2)C1)C(C)C. The maximum absolute atomic E-state index is 14.4. The Balaban J connectivity index is 0.970. The minimum atomic E-state index is -0.478. The van der Waals surface area contributed by atoms with E-state index < -0.39 is 5.82 Å². The highest BCUT2D eigenvalue weighted by Gasteiger charge is 2.54. The van der Waals surface area contributed by atoms with Gasteiger partial charge in [-0.25, -0.2) is 14.4 Å². The fraction of sp³-hybridized carbons (Fsp3) is 0.676. The van der Waals surface area contributed by atoms with Gasteiger partial charge in [-0.3, -0.25) is 9.59 Å². The second-order valence-electron chi connectivity index (χ2n) is 15.8. The number of aromatic nitrogens is 2. The maximum atomic E-state index is 14.4. The number of hydrogen-bond acceptors (Lipinski definition) is 7. The molecule has 2 aromatic rings. The average Bonchev–Trinajstić information content (AvgIpc) is 3.37. The predicted molar refractivity (Wildman–Crippen MR) is 175 cm³/mol. The van der Waals surface area contributed by atoms with Crippen LogP contribution in [-0.4, -0.2) is 76.3 Å². The summed E-state index contributed by atoms with van der Waals surface area (Å²) >= 11 is 0. The summed E-state index contributed by atoms with van der Waals surface area (Å²) in [5, 5.41) is 0. The van der Waals surface area contributed by atoms with E-state index >= 15 is 0 Å². The van der Waals surface area contributed by atoms with E-state index in [4.69, 9.17) is 4.74 Å². The summed E-state index contributed by atoms with van der Waals surface area (Å²) in [5.41, 5.74) is 0.838. The first-order valence-electron chi connectivity index (χ1n) is 17.6. The van der Waals surface area contributed by atoms with Gasteiger partial charge in [0, 0.05) is 50.0 Å². The number of ketones is 1. The van der Waals surface area contributed by atoms with Crippen molar-refractivity contribution in [3.05, 3.63) is 42.1 Å². The molecule has 6 fully saturated rings. The van der Waals surface area contributed by atoms with Crippen LogP contribution in [0.25, 0.3) is 0 Å². The smallest absolute Gasteiger partial charge is 0.258 e. The number of carbonyl (C=O) groups excluding carboxylic acids is 2. The summed E-state index contributed by atoms with van der Waals surface area (Å²) < 4.78 is 20.7. The highest BCUT2D eigenvalue weighted by molar-refractivity contribution is 5.97. The Hall–Kier alpha value is -3.07. The van der Waals surface area contributed by atoms with E-state index in [1.165, 1.54) is 69.6 Å². The van der Waals surface area contributed by atoms with Gasteiger partial charge >= 0.3 is 0 Å². The molecule has 2 saturated heterocycles. The lowest BCUT2D eigenvalue weighted by molar-refractivity contribution is -0.120. The van der Waals surface area contributed by atoms with Crippen LogP contribution in [0.4, 0.5) is 10.2 Å². The fourth-order valence-electron chi connectivity index (χ4n) is 10.0. The molecule has 2 unspecified atom stereocenters. The molecule has 2 spiro atoms. The molecule has 1 amide bonds. The van der Waals surface area contributed by atoms with Gasteiger partial charge in [-0.15, -0.1) is 0 Å². The number of piperidine rings is 1. The minimum absolute atomic E-state index is 0.0447. The standard InChI is InChI=1S/C37H50FN5O3/c1-24(2)43(25(3)4)35(45)31-16-29(38)7-8-32(31)46-33-19-39-23-40-34(33)42-21-36(22-42)11-13-41(14-12-36)20-27-15-28-6-5-26(27)17-37(28)10-9-30(44)18-37/h7-8,16,19,23-28H,5-6,9-15,17-18,20-22H2,1-4H3/t26-,27-,28?,37?/m0/s1. The zero-order chi connectivity index (χ0) is 32.2. The Bertz CT molecular complexity index is 1460. The first-order chi connectivity index (χ1) is 22.0. The highest BCUT2D eigenvalue weighted by atomic mass is 19.1. The van der Waals surface area contributed by atoms with E-state index in [2.05, 4.69) is 19.8 Å². The van der Waals surface area contributed by atoms with Gasteiger partial charge < -0.3 is 19.4 Å². The zero-order valence-corrected chi connectivity index (χ0v) is 28.0. The van der Waals surface area contributed by atoms with Gasteiger partial charge in [-0.1, -0.05) is 0 Å². The maximum Gasteiger partial charge on any atom is 0.258 e. The van der Waals surface area contributed by atoms with Gasteiger partial charge in [0.2, 0.25) is 0 Å². The number of anilines is 1. The molecule has 3 heterocycles. The lowest BCUT2D eigenvalue weighted by Crippen LogP contribution is -2.61. The Labute approximate surface area is 273 Å². The molecule has 1 aromatic carbocycles. The molecule has 0 N–H and O–H groups in total. The molecular formula is C37H50FN5O3. The van der Waals surface area contributed by atoms with Crippen molar-refractivity contribution in [2.75, 3.05) is 37.6 Å². The number of halogens is 1. The number of hydrogen-bond donors (Lipinski definition) is 0. The first-order valence-corrected chi connectivity index (χ1v) is 17.6.